The molecule has 5 heteroatoms. The third-order valence-corrected chi connectivity index (χ3v) is 4.27. The summed E-state index contributed by atoms with van der Waals surface area (Å²) in [6.07, 6.45) is -0.508. The molecule has 0 bridgehead atoms. The molecule has 1 aromatic rings. The van der Waals surface area contributed by atoms with Crippen LogP contribution in [0.25, 0.3) is 0 Å². The molecule has 2 rings (SSSR count). The number of rotatable bonds is 3. The molecule has 0 radical (unpaired) electrons. The summed E-state index contributed by atoms with van der Waals surface area (Å²) in [5, 5.41) is 0. The molecule has 0 N–H and O–H groups in total. The van der Waals surface area contributed by atoms with Crippen LogP contribution in [0.1, 0.15) is 25.5 Å². The van der Waals surface area contributed by atoms with Crippen LogP contribution in [-0.2, 0) is 14.3 Å². The largest absolute Gasteiger partial charge is 0.372 e. The van der Waals surface area contributed by atoms with E-state index in [0.29, 0.717) is 13.2 Å². The Morgan fingerprint density at radius 3 is 2.70 bits per heavy atom. The summed E-state index contributed by atoms with van der Waals surface area (Å²) in [5.41, 5.74) is 1.09. The minimum absolute atomic E-state index is 0.00461. The van der Waals surface area contributed by atoms with Gasteiger partial charge in [0.25, 0.3) is 5.91 Å². The van der Waals surface area contributed by atoms with Crippen molar-refractivity contribution < 1.29 is 14.3 Å². The van der Waals surface area contributed by atoms with Gasteiger partial charge in [0.05, 0.1) is 12.6 Å². The molecule has 110 valence electrons. The molecule has 0 saturated carbocycles. The molecule has 4 nitrogen and oxygen atoms in total. The second kappa shape index (κ2) is 6.70. The zero-order valence-electron chi connectivity index (χ0n) is 12.0. The predicted octanol–water partition coefficient (Wildman–Crippen LogP) is 2.77. The Labute approximate surface area is 128 Å². The van der Waals surface area contributed by atoms with E-state index in [1.165, 1.54) is 0 Å². The number of ether oxygens (including phenoxy) is 2. The summed E-state index contributed by atoms with van der Waals surface area (Å²) in [4.78, 5) is 14.2. The van der Waals surface area contributed by atoms with Crippen molar-refractivity contribution in [3.63, 3.8) is 0 Å². The average molecular weight is 342 g/mol. The summed E-state index contributed by atoms with van der Waals surface area (Å²) in [7, 11) is 1.56. The van der Waals surface area contributed by atoms with E-state index >= 15 is 0 Å². The van der Waals surface area contributed by atoms with E-state index in [2.05, 4.69) is 15.9 Å². The Kier molecular flexibility index (Phi) is 5.18. The van der Waals surface area contributed by atoms with E-state index < -0.39 is 6.10 Å². The third kappa shape index (κ3) is 3.22. The maximum absolute atomic E-state index is 12.3. The monoisotopic (exact) mass is 341 g/mol. The molecule has 3 unspecified atom stereocenters. The van der Waals surface area contributed by atoms with Crippen LogP contribution in [0.2, 0.25) is 0 Å². The van der Waals surface area contributed by atoms with E-state index in [9.17, 15) is 4.79 Å². The van der Waals surface area contributed by atoms with Gasteiger partial charge in [-0.2, -0.15) is 0 Å². The van der Waals surface area contributed by atoms with Crippen molar-refractivity contribution in [3.8, 4) is 0 Å². The van der Waals surface area contributed by atoms with Crippen molar-refractivity contribution in [2.75, 3.05) is 20.3 Å². The Morgan fingerprint density at radius 1 is 1.45 bits per heavy atom. The highest BCUT2D eigenvalue weighted by molar-refractivity contribution is 9.10. The minimum atomic E-state index is -0.416. The average Bonchev–Trinajstić information content (AvgIpc) is 2.47. The maximum Gasteiger partial charge on any atom is 0.251 e. The van der Waals surface area contributed by atoms with Gasteiger partial charge in [-0.05, 0) is 31.5 Å². The fourth-order valence-electron chi connectivity index (χ4n) is 2.46. The molecule has 0 spiro atoms. The molecule has 0 aromatic heterocycles. The van der Waals surface area contributed by atoms with Gasteiger partial charge in [0.2, 0.25) is 0 Å². The Hall–Kier alpha value is -0.910. The van der Waals surface area contributed by atoms with Crippen molar-refractivity contribution in [3.05, 3.63) is 34.3 Å². The standard InChI is InChI=1S/C15H20BrNO3/c1-10-14(12-4-6-13(16)7-5-12)20-9-8-17(10)15(18)11(2)19-3/h4-7,10-11,14H,8-9H2,1-3H3. The first kappa shape index (κ1) is 15.5. The van der Waals surface area contributed by atoms with Gasteiger partial charge in [-0.25, -0.2) is 0 Å². The van der Waals surface area contributed by atoms with Crippen LogP contribution in [0.15, 0.2) is 28.7 Å². The van der Waals surface area contributed by atoms with Gasteiger partial charge in [-0.15, -0.1) is 0 Å². The summed E-state index contributed by atoms with van der Waals surface area (Å²) >= 11 is 3.43. The van der Waals surface area contributed by atoms with Crippen LogP contribution < -0.4 is 0 Å². The molecule has 1 fully saturated rings. The van der Waals surface area contributed by atoms with Gasteiger partial charge in [0.1, 0.15) is 12.2 Å². The molecule has 1 aliphatic heterocycles. The lowest BCUT2D eigenvalue weighted by atomic mass is 10.00. The number of hydrogen-bond acceptors (Lipinski definition) is 3. The lowest BCUT2D eigenvalue weighted by molar-refractivity contribution is -0.155. The SMILES string of the molecule is COC(C)C(=O)N1CCOC(c2ccc(Br)cc2)C1C. The normalized spacial score (nSPS) is 24.5. The first-order chi connectivity index (χ1) is 9.54. The first-order valence-corrected chi connectivity index (χ1v) is 7.54. The zero-order chi connectivity index (χ0) is 14.7. The second-order valence-corrected chi connectivity index (χ2v) is 5.91. The number of carbonyl (C=O) groups excluding carboxylic acids is 1. The highest BCUT2D eigenvalue weighted by atomic mass is 79.9. The fraction of sp³-hybridized carbons (Fsp3) is 0.533. The summed E-state index contributed by atoms with van der Waals surface area (Å²) < 4.78 is 12.0. The Balaban J connectivity index is 2.16. The predicted molar refractivity (Wildman–Crippen MR) is 80.5 cm³/mol. The molecule has 20 heavy (non-hydrogen) atoms. The summed E-state index contributed by atoms with van der Waals surface area (Å²) in [6.45, 7) is 4.96. The molecular weight excluding hydrogens is 322 g/mol. The third-order valence-electron chi connectivity index (χ3n) is 3.74. The number of amides is 1. The van der Waals surface area contributed by atoms with Crippen LogP contribution in [0.4, 0.5) is 0 Å². The molecule has 0 aliphatic carbocycles. The second-order valence-electron chi connectivity index (χ2n) is 4.99. The van der Waals surface area contributed by atoms with E-state index in [1.807, 2.05) is 36.1 Å². The van der Waals surface area contributed by atoms with Gasteiger partial charge < -0.3 is 14.4 Å². The number of carbonyl (C=O) groups is 1. The smallest absolute Gasteiger partial charge is 0.251 e. The van der Waals surface area contributed by atoms with Gasteiger partial charge in [-0.1, -0.05) is 28.1 Å². The van der Waals surface area contributed by atoms with E-state index in [0.717, 1.165) is 10.0 Å². The molecule has 1 aromatic carbocycles. The van der Waals surface area contributed by atoms with Crippen LogP contribution in [0, 0.1) is 0 Å². The van der Waals surface area contributed by atoms with Gasteiger partial charge in [0.15, 0.2) is 0 Å². The number of benzene rings is 1. The van der Waals surface area contributed by atoms with Gasteiger partial charge in [0, 0.05) is 18.1 Å². The highest BCUT2D eigenvalue weighted by Crippen LogP contribution is 2.29. The van der Waals surface area contributed by atoms with Crippen LogP contribution in [0.3, 0.4) is 0 Å². The number of methoxy groups -OCH3 is 1. The van der Waals surface area contributed by atoms with Crippen LogP contribution in [0.5, 0.6) is 0 Å². The Morgan fingerprint density at radius 2 is 2.10 bits per heavy atom. The van der Waals surface area contributed by atoms with Crippen molar-refractivity contribution in [2.24, 2.45) is 0 Å². The molecular formula is C15H20BrNO3. The van der Waals surface area contributed by atoms with Crippen molar-refractivity contribution >= 4 is 21.8 Å². The van der Waals surface area contributed by atoms with E-state index in [1.54, 1.807) is 14.0 Å². The van der Waals surface area contributed by atoms with Crippen molar-refractivity contribution in [2.45, 2.75) is 32.1 Å². The molecule has 1 heterocycles. The zero-order valence-corrected chi connectivity index (χ0v) is 13.6. The molecule has 1 aliphatic rings. The highest BCUT2D eigenvalue weighted by Gasteiger charge is 2.34. The molecule has 1 saturated heterocycles. The summed E-state index contributed by atoms with van der Waals surface area (Å²) in [6, 6.07) is 8.03. The van der Waals surface area contributed by atoms with Crippen molar-refractivity contribution in [1.82, 2.24) is 4.90 Å². The lowest BCUT2D eigenvalue weighted by Gasteiger charge is -2.40. The maximum atomic E-state index is 12.3. The minimum Gasteiger partial charge on any atom is -0.372 e. The number of halogens is 1. The van der Waals surface area contributed by atoms with Crippen LogP contribution >= 0.6 is 15.9 Å². The van der Waals surface area contributed by atoms with E-state index in [-0.39, 0.29) is 18.1 Å². The first-order valence-electron chi connectivity index (χ1n) is 6.75. The lowest BCUT2D eigenvalue weighted by Crippen LogP contribution is -2.51. The van der Waals surface area contributed by atoms with Crippen LogP contribution in [-0.4, -0.2) is 43.2 Å². The fourth-order valence-corrected chi connectivity index (χ4v) is 2.72. The number of hydrogen-bond donors (Lipinski definition) is 0. The van der Waals surface area contributed by atoms with Gasteiger partial charge >= 0.3 is 0 Å². The number of morpholine rings is 1. The Bertz CT molecular complexity index is 463. The molecule has 3 atom stereocenters. The number of nitrogens with zero attached hydrogens (tertiary/aromatic N) is 1. The van der Waals surface area contributed by atoms with Gasteiger partial charge in [-0.3, -0.25) is 4.79 Å². The quantitative estimate of drug-likeness (QED) is 0.848. The summed E-state index contributed by atoms with van der Waals surface area (Å²) in [5.74, 6) is 0.0189. The van der Waals surface area contributed by atoms with E-state index in [4.69, 9.17) is 9.47 Å². The topological polar surface area (TPSA) is 38.8 Å². The molecule has 1 amide bonds. The van der Waals surface area contributed by atoms with Crippen molar-refractivity contribution in [1.29, 1.82) is 0 Å².